The van der Waals surface area contributed by atoms with Gasteiger partial charge in [-0.1, -0.05) is 18.2 Å². The summed E-state index contributed by atoms with van der Waals surface area (Å²) in [6.45, 7) is 12.7. The topological polar surface area (TPSA) is 62.2 Å². The summed E-state index contributed by atoms with van der Waals surface area (Å²) in [4.78, 5) is 9.87. The molecular formula is C24H28N4O2. The van der Waals surface area contributed by atoms with E-state index in [4.69, 9.17) is 16.0 Å². The van der Waals surface area contributed by atoms with Crippen LogP contribution in [0.1, 0.15) is 25.8 Å². The summed E-state index contributed by atoms with van der Waals surface area (Å²) in [6.07, 6.45) is 1.73. The molecule has 2 rings (SSSR count). The van der Waals surface area contributed by atoms with Crippen LogP contribution in [0, 0.1) is 17.9 Å². The Morgan fingerprint density at radius 3 is 2.43 bits per heavy atom. The van der Waals surface area contributed by atoms with Gasteiger partial charge in [0.2, 0.25) is 0 Å². The minimum absolute atomic E-state index is 0.0804. The summed E-state index contributed by atoms with van der Waals surface area (Å²) in [5.74, 6) is 0. The quantitative estimate of drug-likeness (QED) is 0.244. The molecule has 0 atom stereocenters. The third kappa shape index (κ3) is 6.15. The van der Waals surface area contributed by atoms with Crippen LogP contribution in [0.4, 0.5) is 5.69 Å². The van der Waals surface area contributed by atoms with Crippen molar-refractivity contribution in [2.24, 2.45) is 4.99 Å². The van der Waals surface area contributed by atoms with E-state index >= 15 is 0 Å². The zero-order valence-corrected chi connectivity index (χ0v) is 18.1. The van der Waals surface area contributed by atoms with Crippen LogP contribution in [0.25, 0.3) is 21.2 Å². The molecule has 156 valence electrons. The average molecular weight is 405 g/mol. The highest BCUT2D eigenvalue weighted by molar-refractivity contribution is 5.91. The lowest BCUT2D eigenvalue weighted by molar-refractivity contribution is -0.128. The van der Waals surface area contributed by atoms with Crippen LogP contribution >= 0.6 is 0 Å². The van der Waals surface area contributed by atoms with Gasteiger partial charge in [0, 0.05) is 39.2 Å². The molecule has 6 nitrogen and oxygen atoms in total. The first-order chi connectivity index (χ1) is 14.5. The lowest BCUT2D eigenvalue weighted by atomic mass is 9.97. The lowest BCUT2D eigenvalue weighted by Gasteiger charge is -2.14. The highest BCUT2D eigenvalue weighted by atomic mass is 16.7. The highest BCUT2D eigenvalue weighted by Gasteiger charge is 2.11. The second-order valence-electron chi connectivity index (χ2n) is 6.78. The van der Waals surface area contributed by atoms with Gasteiger partial charge in [-0.05, 0) is 60.4 Å². The van der Waals surface area contributed by atoms with Gasteiger partial charge in [-0.3, -0.25) is 4.99 Å². The summed E-state index contributed by atoms with van der Waals surface area (Å²) in [5.41, 5.74) is 2.72. The van der Waals surface area contributed by atoms with Gasteiger partial charge in [-0.2, -0.15) is 0 Å². The van der Waals surface area contributed by atoms with Gasteiger partial charge in [-0.25, -0.2) is 10.1 Å². The van der Waals surface area contributed by atoms with Gasteiger partial charge in [0.15, 0.2) is 6.29 Å². The molecule has 0 radical (unpaired) electrons. The first-order valence-electron chi connectivity index (χ1n) is 9.97. The van der Waals surface area contributed by atoms with E-state index < -0.39 is 0 Å². The van der Waals surface area contributed by atoms with Gasteiger partial charge in [0.05, 0.1) is 19.2 Å². The first-order valence-corrected chi connectivity index (χ1v) is 9.97. The minimum atomic E-state index is -0.383. The van der Waals surface area contributed by atoms with Crippen molar-refractivity contribution in [3.8, 4) is 6.07 Å². The third-order valence-corrected chi connectivity index (χ3v) is 4.58. The van der Waals surface area contributed by atoms with Crippen molar-refractivity contribution in [2.45, 2.75) is 26.6 Å². The Kier molecular flexibility index (Phi) is 9.03. The summed E-state index contributed by atoms with van der Waals surface area (Å²) in [7, 11) is 4.01. The smallest absolute Gasteiger partial charge is 0.266 e. The fourth-order valence-electron chi connectivity index (χ4n) is 3.05. The number of anilines is 1. The molecule has 0 amide bonds. The Hall–Kier alpha value is -3.19. The molecule has 0 unspecified atom stereocenters. The highest BCUT2D eigenvalue weighted by Crippen LogP contribution is 2.28. The molecule has 30 heavy (non-hydrogen) atoms. The SMILES string of the molecule is [C-]#[N+]C(C#N)=C(CC=NCC(OCC)OCC)c1ccc2cc(N(C)C)ccc2c1. The van der Waals surface area contributed by atoms with Crippen LogP contribution < -0.4 is 4.90 Å². The largest absolute Gasteiger partial charge is 0.378 e. The molecular weight excluding hydrogens is 376 g/mol. The number of nitriles is 1. The van der Waals surface area contributed by atoms with Crippen molar-refractivity contribution < 1.29 is 9.47 Å². The van der Waals surface area contributed by atoms with Crippen LogP contribution in [-0.4, -0.2) is 46.4 Å². The second kappa shape index (κ2) is 11.7. The monoisotopic (exact) mass is 404 g/mol. The molecule has 0 saturated heterocycles. The number of aliphatic imine (C=N–C) groups is 1. The van der Waals surface area contributed by atoms with E-state index in [1.807, 2.05) is 52.2 Å². The first kappa shape index (κ1) is 23.1. The van der Waals surface area contributed by atoms with E-state index in [2.05, 4.69) is 32.9 Å². The van der Waals surface area contributed by atoms with Gasteiger partial charge >= 0.3 is 0 Å². The molecule has 0 saturated carbocycles. The molecule has 0 spiro atoms. The van der Waals surface area contributed by atoms with E-state index in [9.17, 15) is 5.26 Å². The molecule has 0 heterocycles. The number of ether oxygens (including phenoxy) is 2. The van der Waals surface area contributed by atoms with Gasteiger partial charge in [0.1, 0.15) is 0 Å². The molecule has 2 aromatic carbocycles. The van der Waals surface area contributed by atoms with Crippen molar-refractivity contribution in [1.29, 1.82) is 5.26 Å². The molecule has 0 fully saturated rings. The van der Waals surface area contributed by atoms with E-state index in [0.717, 1.165) is 22.0 Å². The summed E-state index contributed by atoms with van der Waals surface area (Å²) in [6, 6.07) is 14.2. The molecule has 6 heteroatoms. The standard InChI is InChI=1S/C24H28N4O2/c1-6-29-24(30-7-2)17-27-13-12-22(23(16-25)26-3)20-9-8-19-15-21(28(4)5)11-10-18(19)14-20/h8-11,13-15,24H,6-7,12,17H2,1-2,4-5H3. The van der Waals surface area contributed by atoms with Crippen molar-refractivity contribution in [2.75, 3.05) is 38.8 Å². The zero-order chi connectivity index (χ0) is 21.9. The Morgan fingerprint density at radius 1 is 1.17 bits per heavy atom. The van der Waals surface area contributed by atoms with Crippen LogP contribution in [0.2, 0.25) is 0 Å². The van der Waals surface area contributed by atoms with E-state index in [1.54, 1.807) is 6.21 Å². The number of hydrogen-bond acceptors (Lipinski definition) is 5. The zero-order valence-electron chi connectivity index (χ0n) is 18.1. The van der Waals surface area contributed by atoms with Gasteiger partial charge in [0.25, 0.3) is 5.70 Å². The predicted molar refractivity (Wildman–Crippen MR) is 122 cm³/mol. The molecule has 2 aromatic rings. The van der Waals surface area contributed by atoms with Crippen LogP contribution in [0.5, 0.6) is 0 Å². The summed E-state index contributed by atoms with van der Waals surface area (Å²) >= 11 is 0. The molecule has 0 N–H and O–H groups in total. The Balaban J connectivity index is 2.29. The molecule has 0 aliphatic heterocycles. The van der Waals surface area contributed by atoms with Crippen LogP contribution in [0.15, 0.2) is 47.1 Å². The Labute approximate surface area is 178 Å². The van der Waals surface area contributed by atoms with E-state index in [0.29, 0.717) is 31.8 Å². The number of fused-ring (bicyclic) bond motifs is 1. The fraction of sp³-hybridized carbons (Fsp3) is 0.375. The molecule has 0 aromatic heterocycles. The number of hydrogen-bond donors (Lipinski definition) is 0. The number of benzene rings is 2. The van der Waals surface area contributed by atoms with E-state index in [1.165, 1.54) is 0 Å². The predicted octanol–water partition coefficient (Wildman–Crippen LogP) is 4.92. The lowest BCUT2D eigenvalue weighted by Crippen LogP contribution is -2.20. The number of nitrogens with zero attached hydrogens (tertiary/aromatic N) is 4. The van der Waals surface area contributed by atoms with Crippen molar-refractivity contribution >= 4 is 28.2 Å². The number of rotatable bonds is 10. The van der Waals surface area contributed by atoms with Gasteiger partial charge in [-0.15, -0.1) is 0 Å². The van der Waals surface area contributed by atoms with Gasteiger partial charge < -0.3 is 14.4 Å². The normalized spacial score (nSPS) is 12.1. The Bertz CT molecular complexity index is 974. The maximum atomic E-state index is 9.44. The second-order valence-corrected chi connectivity index (χ2v) is 6.78. The maximum Gasteiger partial charge on any atom is 0.266 e. The van der Waals surface area contributed by atoms with Crippen molar-refractivity contribution in [3.63, 3.8) is 0 Å². The van der Waals surface area contributed by atoms with Crippen LogP contribution in [-0.2, 0) is 9.47 Å². The van der Waals surface area contributed by atoms with Crippen LogP contribution in [0.3, 0.4) is 0 Å². The van der Waals surface area contributed by atoms with Crippen molar-refractivity contribution in [1.82, 2.24) is 0 Å². The maximum absolute atomic E-state index is 9.44. The summed E-state index contributed by atoms with van der Waals surface area (Å²) in [5, 5.41) is 11.6. The molecule has 0 bridgehead atoms. The van der Waals surface area contributed by atoms with Crippen molar-refractivity contribution in [3.05, 3.63) is 59.1 Å². The van der Waals surface area contributed by atoms with E-state index in [-0.39, 0.29) is 12.0 Å². The number of allylic oxidation sites excluding steroid dienone is 2. The molecule has 0 aliphatic rings. The molecule has 0 aliphatic carbocycles. The summed E-state index contributed by atoms with van der Waals surface area (Å²) < 4.78 is 11.0. The Morgan fingerprint density at radius 2 is 1.83 bits per heavy atom. The third-order valence-electron chi connectivity index (χ3n) is 4.58. The fourth-order valence-corrected chi connectivity index (χ4v) is 3.05. The minimum Gasteiger partial charge on any atom is -0.378 e. The average Bonchev–Trinajstić information content (AvgIpc) is 2.75.